The molecule has 0 aromatic heterocycles. The molecule has 2 saturated heterocycles. The number of aromatic carboxylic acids is 1. The third-order valence-corrected chi connectivity index (χ3v) is 5.41. The van der Waals surface area contributed by atoms with Crippen LogP contribution in [0.15, 0.2) is 24.3 Å². The highest BCUT2D eigenvalue weighted by molar-refractivity contribution is 5.88. The van der Waals surface area contributed by atoms with Gasteiger partial charge in [-0.3, -0.25) is 0 Å². The molecule has 2 atom stereocenters. The van der Waals surface area contributed by atoms with Gasteiger partial charge in [-0.15, -0.1) is 0 Å². The van der Waals surface area contributed by atoms with Crippen LogP contribution in [0.3, 0.4) is 0 Å². The highest BCUT2D eigenvalue weighted by Gasteiger charge is 2.43. The lowest BCUT2D eigenvalue weighted by Crippen LogP contribution is -2.52. The Morgan fingerprint density at radius 2 is 1.87 bits per heavy atom. The van der Waals surface area contributed by atoms with E-state index in [9.17, 15) is 4.79 Å². The molecule has 1 aromatic carbocycles. The van der Waals surface area contributed by atoms with E-state index in [4.69, 9.17) is 5.11 Å². The molecule has 1 aromatic rings. The van der Waals surface area contributed by atoms with Crippen LogP contribution in [-0.4, -0.2) is 28.7 Å². The van der Waals surface area contributed by atoms with Crippen molar-refractivity contribution < 1.29 is 9.90 Å². The summed E-state index contributed by atoms with van der Waals surface area (Å²) >= 11 is 0. The first-order chi connectivity index (χ1) is 11.1. The number of piperidine rings is 1. The van der Waals surface area contributed by atoms with Gasteiger partial charge in [-0.1, -0.05) is 26.2 Å². The molecule has 0 saturated carbocycles. The molecule has 0 amide bonds. The fraction of sp³-hybridized carbons (Fsp3) is 0.632. The van der Waals surface area contributed by atoms with Gasteiger partial charge < -0.3 is 15.7 Å². The maximum absolute atomic E-state index is 11.0. The Kier molecular flexibility index (Phi) is 4.90. The van der Waals surface area contributed by atoms with Crippen LogP contribution < -0.4 is 10.6 Å². The summed E-state index contributed by atoms with van der Waals surface area (Å²) in [6, 6.07) is 8.49. The number of carbonyl (C=O) groups is 1. The van der Waals surface area contributed by atoms with E-state index in [1.165, 1.54) is 51.4 Å². The fourth-order valence-corrected chi connectivity index (χ4v) is 4.34. The number of unbranched alkanes of at least 4 members (excludes halogenated alkanes) is 2. The second-order valence-corrected chi connectivity index (χ2v) is 7.29. The summed E-state index contributed by atoms with van der Waals surface area (Å²) in [5, 5.41) is 16.6. The van der Waals surface area contributed by atoms with Crippen molar-refractivity contribution in [2.24, 2.45) is 0 Å². The van der Waals surface area contributed by atoms with E-state index < -0.39 is 5.97 Å². The topological polar surface area (TPSA) is 61.4 Å². The molecule has 3 rings (SSSR count). The third-order valence-electron chi connectivity index (χ3n) is 5.41. The highest BCUT2D eigenvalue weighted by Crippen LogP contribution is 2.39. The van der Waals surface area contributed by atoms with Crippen molar-refractivity contribution in [3.8, 4) is 0 Å². The van der Waals surface area contributed by atoms with Gasteiger partial charge in [0, 0.05) is 23.3 Å². The van der Waals surface area contributed by atoms with Gasteiger partial charge in [-0.2, -0.15) is 0 Å². The summed E-state index contributed by atoms with van der Waals surface area (Å²) < 4.78 is 0. The predicted octanol–water partition coefficient (Wildman–Crippen LogP) is 4.03. The molecule has 0 aliphatic carbocycles. The first-order valence-electron chi connectivity index (χ1n) is 8.98. The van der Waals surface area contributed by atoms with Crippen molar-refractivity contribution >= 4 is 11.7 Å². The van der Waals surface area contributed by atoms with E-state index in [1.54, 1.807) is 12.1 Å². The van der Waals surface area contributed by atoms with E-state index in [-0.39, 0.29) is 5.54 Å². The van der Waals surface area contributed by atoms with Crippen LogP contribution in [0.5, 0.6) is 0 Å². The Hall–Kier alpha value is -1.55. The second kappa shape index (κ2) is 6.91. The minimum Gasteiger partial charge on any atom is -0.478 e. The molecule has 3 N–H and O–H groups in total. The van der Waals surface area contributed by atoms with Gasteiger partial charge in [-0.05, 0) is 56.4 Å². The monoisotopic (exact) mass is 316 g/mol. The van der Waals surface area contributed by atoms with Gasteiger partial charge in [0.2, 0.25) is 0 Å². The van der Waals surface area contributed by atoms with E-state index >= 15 is 0 Å². The Morgan fingerprint density at radius 1 is 1.22 bits per heavy atom. The van der Waals surface area contributed by atoms with Gasteiger partial charge in [0.15, 0.2) is 0 Å². The van der Waals surface area contributed by atoms with Crippen LogP contribution in [0, 0.1) is 0 Å². The van der Waals surface area contributed by atoms with Crippen molar-refractivity contribution in [2.75, 3.05) is 5.32 Å². The third kappa shape index (κ3) is 3.86. The fourth-order valence-electron chi connectivity index (χ4n) is 4.34. The number of anilines is 1. The number of nitrogens with one attached hydrogen (secondary N) is 2. The van der Waals surface area contributed by atoms with E-state index in [1.807, 2.05) is 12.1 Å². The van der Waals surface area contributed by atoms with Crippen molar-refractivity contribution in [1.82, 2.24) is 5.32 Å². The molecule has 23 heavy (non-hydrogen) atoms. The molecule has 4 heteroatoms. The molecule has 2 bridgehead atoms. The van der Waals surface area contributed by atoms with E-state index in [0.29, 0.717) is 17.6 Å². The average Bonchev–Trinajstić information content (AvgIpc) is 2.87. The lowest BCUT2D eigenvalue weighted by molar-refractivity contribution is 0.0697. The smallest absolute Gasteiger partial charge is 0.335 e. The molecule has 4 nitrogen and oxygen atoms in total. The zero-order valence-electron chi connectivity index (χ0n) is 14.0. The number of carboxylic acids is 1. The number of rotatable bonds is 7. The van der Waals surface area contributed by atoms with Crippen LogP contribution in [0.2, 0.25) is 0 Å². The van der Waals surface area contributed by atoms with Gasteiger partial charge in [-0.25, -0.2) is 4.79 Å². The first kappa shape index (κ1) is 16.3. The van der Waals surface area contributed by atoms with Crippen molar-refractivity contribution in [1.29, 1.82) is 0 Å². The number of carboxylic acid groups (broad SMARTS) is 1. The lowest BCUT2D eigenvalue weighted by atomic mass is 9.79. The molecule has 2 fully saturated rings. The summed E-state index contributed by atoms with van der Waals surface area (Å²) in [5.41, 5.74) is 1.56. The molecule has 2 unspecified atom stereocenters. The lowest BCUT2D eigenvalue weighted by Gasteiger charge is -2.43. The maximum atomic E-state index is 11.0. The molecule has 2 aliphatic rings. The average molecular weight is 316 g/mol. The molecule has 2 aliphatic heterocycles. The van der Waals surface area contributed by atoms with E-state index in [0.717, 1.165) is 5.69 Å². The zero-order chi connectivity index (χ0) is 16.3. The highest BCUT2D eigenvalue weighted by atomic mass is 16.4. The molecular formula is C19H28N2O2. The zero-order valence-corrected chi connectivity index (χ0v) is 14.0. The quantitative estimate of drug-likeness (QED) is 0.665. The summed E-state index contributed by atoms with van der Waals surface area (Å²) in [6.45, 7) is 2.25. The maximum Gasteiger partial charge on any atom is 0.335 e. The Labute approximate surface area is 138 Å². The van der Waals surface area contributed by atoms with Crippen molar-refractivity contribution in [2.45, 2.75) is 75.9 Å². The Morgan fingerprint density at radius 3 is 2.43 bits per heavy atom. The van der Waals surface area contributed by atoms with Gasteiger partial charge >= 0.3 is 5.97 Å². The number of hydrogen-bond acceptors (Lipinski definition) is 3. The molecule has 0 radical (unpaired) electrons. The minimum absolute atomic E-state index is 0.164. The molecular weight excluding hydrogens is 288 g/mol. The van der Waals surface area contributed by atoms with Gasteiger partial charge in [0.1, 0.15) is 0 Å². The summed E-state index contributed by atoms with van der Waals surface area (Å²) in [5.74, 6) is -0.867. The summed E-state index contributed by atoms with van der Waals surface area (Å²) in [7, 11) is 0. The van der Waals surface area contributed by atoms with Crippen LogP contribution in [0.1, 0.15) is 68.6 Å². The Bertz CT molecular complexity index is 529. The molecule has 2 heterocycles. The number of fused-ring (bicyclic) bond motifs is 2. The predicted molar refractivity (Wildman–Crippen MR) is 93.1 cm³/mol. The van der Waals surface area contributed by atoms with Crippen LogP contribution in [-0.2, 0) is 0 Å². The SMILES string of the molecule is CCCCCC1(Nc2ccc(C(=O)O)cc2)CC2CCC(C1)N2. The van der Waals surface area contributed by atoms with Crippen molar-refractivity contribution in [3.63, 3.8) is 0 Å². The van der Waals surface area contributed by atoms with Crippen molar-refractivity contribution in [3.05, 3.63) is 29.8 Å². The minimum atomic E-state index is -0.867. The standard InChI is InChI=1S/C19H28N2O2/c1-2-3-4-11-19(12-16-9-10-17(13-19)20-16)21-15-7-5-14(6-8-15)18(22)23/h5-8,16-17,20-21H,2-4,9-13H2,1H3,(H,22,23). The second-order valence-electron chi connectivity index (χ2n) is 7.29. The number of hydrogen-bond donors (Lipinski definition) is 3. The van der Waals surface area contributed by atoms with Gasteiger partial charge in [0.25, 0.3) is 0 Å². The normalized spacial score (nSPS) is 29.4. The Balaban J connectivity index is 1.74. The van der Waals surface area contributed by atoms with Crippen LogP contribution in [0.25, 0.3) is 0 Å². The number of benzene rings is 1. The van der Waals surface area contributed by atoms with Gasteiger partial charge in [0.05, 0.1) is 5.56 Å². The van der Waals surface area contributed by atoms with Crippen LogP contribution in [0.4, 0.5) is 5.69 Å². The van der Waals surface area contributed by atoms with Crippen LogP contribution >= 0.6 is 0 Å². The van der Waals surface area contributed by atoms with E-state index in [2.05, 4.69) is 17.6 Å². The summed E-state index contributed by atoms with van der Waals surface area (Å²) in [6.07, 6.45) is 9.92. The largest absolute Gasteiger partial charge is 0.478 e. The first-order valence-corrected chi connectivity index (χ1v) is 8.98. The summed E-state index contributed by atoms with van der Waals surface area (Å²) in [4.78, 5) is 11.0. The molecule has 126 valence electrons. The molecule has 0 spiro atoms.